The maximum absolute atomic E-state index is 14.6. The number of halogens is 2. The van der Waals surface area contributed by atoms with Crippen molar-refractivity contribution in [3.05, 3.63) is 130 Å². The lowest BCUT2D eigenvalue weighted by Crippen LogP contribution is -2.53. The fourth-order valence-corrected chi connectivity index (χ4v) is 7.07. The Hall–Kier alpha value is -3.85. The molecule has 0 spiro atoms. The van der Waals surface area contributed by atoms with Gasteiger partial charge in [-0.15, -0.1) is 0 Å². The van der Waals surface area contributed by atoms with E-state index in [4.69, 9.17) is 23.2 Å². The molecule has 0 bridgehead atoms. The summed E-state index contributed by atoms with van der Waals surface area (Å²) in [5.74, 6) is -0.663. The van der Waals surface area contributed by atoms with E-state index in [-0.39, 0.29) is 29.7 Å². The number of benzene rings is 4. The van der Waals surface area contributed by atoms with Gasteiger partial charge < -0.3 is 10.2 Å². The van der Waals surface area contributed by atoms with Crippen LogP contribution in [-0.2, 0) is 32.6 Å². The van der Waals surface area contributed by atoms with Crippen LogP contribution in [0.1, 0.15) is 56.2 Å². The molecule has 10 heteroatoms. The van der Waals surface area contributed by atoms with E-state index in [0.29, 0.717) is 27.8 Å². The van der Waals surface area contributed by atoms with Crippen molar-refractivity contribution in [3.63, 3.8) is 0 Å². The van der Waals surface area contributed by atoms with Crippen LogP contribution in [0.4, 0.5) is 5.69 Å². The second-order valence-corrected chi connectivity index (χ2v) is 14.4. The third kappa shape index (κ3) is 9.60. The summed E-state index contributed by atoms with van der Waals surface area (Å²) in [5, 5.41) is 3.75. The van der Waals surface area contributed by atoms with Gasteiger partial charge in [0.15, 0.2) is 0 Å². The second-order valence-electron chi connectivity index (χ2n) is 11.7. The van der Waals surface area contributed by atoms with Crippen molar-refractivity contribution in [2.45, 2.75) is 63.4 Å². The number of rotatable bonds is 15. The third-order valence-corrected chi connectivity index (χ3v) is 10.3. The van der Waals surface area contributed by atoms with Crippen LogP contribution in [-0.4, -0.2) is 44.3 Å². The van der Waals surface area contributed by atoms with Gasteiger partial charge >= 0.3 is 0 Å². The molecule has 4 rings (SSSR count). The van der Waals surface area contributed by atoms with Gasteiger partial charge in [-0.05, 0) is 65.4 Å². The predicted molar refractivity (Wildman–Crippen MR) is 190 cm³/mol. The zero-order valence-electron chi connectivity index (χ0n) is 26.9. The van der Waals surface area contributed by atoms with Gasteiger partial charge in [0, 0.05) is 29.6 Å². The second kappa shape index (κ2) is 16.8. The molecule has 4 aromatic rings. The Balaban J connectivity index is 1.81. The van der Waals surface area contributed by atoms with Crippen LogP contribution in [0.5, 0.6) is 0 Å². The van der Waals surface area contributed by atoms with Crippen LogP contribution in [0.15, 0.2) is 108 Å². The highest BCUT2D eigenvalue weighted by Crippen LogP contribution is 2.28. The summed E-state index contributed by atoms with van der Waals surface area (Å²) in [6.07, 6.45) is 1.87. The van der Waals surface area contributed by atoms with Gasteiger partial charge in [0.2, 0.25) is 11.8 Å². The predicted octanol–water partition coefficient (Wildman–Crippen LogP) is 7.87. The summed E-state index contributed by atoms with van der Waals surface area (Å²) in [5.41, 5.74) is 2.79. The Morgan fingerprint density at radius 3 is 2.09 bits per heavy atom. The number of carbonyl (C=O) groups is 2. The first-order valence-electron chi connectivity index (χ1n) is 15.7. The van der Waals surface area contributed by atoms with Gasteiger partial charge in [0.05, 0.1) is 10.6 Å². The zero-order valence-corrected chi connectivity index (χ0v) is 29.2. The van der Waals surface area contributed by atoms with Gasteiger partial charge in [-0.1, -0.05) is 117 Å². The molecule has 0 aliphatic rings. The minimum absolute atomic E-state index is 0.0426. The van der Waals surface area contributed by atoms with Crippen molar-refractivity contribution in [2.75, 3.05) is 17.4 Å². The van der Waals surface area contributed by atoms with Gasteiger partial charge in [0.25, 0.3) is 10.0 Å². The largest absolute Gasteiger partial charge is 0.354 e. The number of hydrogen-bond acceptors (Lipinski definition) is 4. The number of nitrogens with zero attached hydrogens (tertiary/aromatic N) is 2. The van der Waals surface area contributed by atoms with Crippen molar-refractivity contribution in [3.8, 4) is 0 Å². The highest BCUT2D eigenvalue weighted by molar-refractivity contribution is 7.92. The van der Waals surface area contributed by atoms with E-state index in [2.05, 4.69) is 19.2 Å². The number of anilines is 1. The average molecular weight is 695 g/mol. The number of hydrogen-bond donors (Lipinski definition) is 1. The van der Waals surface area contributed by atoms with Crippen LogP contribution < -0.4 is 9.62 Å². The lowest BCUT2D eigenvalue weighted by molar-refractivity contribution is -0.140. The zero-order chi connectivity index (χ0) is 34.0. The van der Waals surface area contributed by atoms with Gasteiger partial charge in [0.1, 0.15) is 12.6 Å². The Labute approximate surface area is 288 Å². The van der Waals surface area contributed by atoms with Gasteiger partial charge in [-0.2, -0.15) is 0 Å². The summed E-state index contributed by atoms with van der Waals surface area (Å²) in [6.45, 7) is 5.99. The number of sulfonamides is 1. The standard InChI is InChI=1S/C37H41Cl2N3O4S/c1-4-5-22-40-37(44)35(23-28-12-8-6-9-13-28)41(25-30-16-19-31(38)24-34(30)39)36(43)26-42(32-20-17-29(18-21-32)27(2)3)47(45,46)33-14-10-7-11-15-33/h6-21,24,27,35H,4-5,22-23,25-26H2,1-3H3,(H,40,44)/t35-/m0/s1. The number of amides is 2. The first kappa shape index (κ1) is 36.0. The normalized spacial score (nSPS) is 12.0. The fourth-order valence-electron chi connectivity index (χ4n) is 5.17. The molecular formula is C37H41Cl2N3O4S. The van der Waals surface area contributed by atoms with E-state index in [1.807, 2.05) is 49.4 Å². The Morgan fingerprint density at radius 2 is 1.49 bits per heavy atom. The maximum Gasteiger partial charge on any atom is 0.264 e. The Kier molecular flexibility index (Phi) is 12.9. The number of nitrogens with one attached hydrogen (secondary N) is 1. The summed E-state index contributed by atoms with van der Waals surface area (Å²) in [4.78, 5) is 30.0. The molecule has 0 aromatic heterocycles. The monoisotopic (exact) mass is 693 g/mol. The van der Waals surface area contributed by atoms with E-state index >= 15 is 0 Å². The minimum Gasteiger partial charge on any atom is -0.354 e. The molecule has 248 valence electrons. The van der Waals surface area contributed by atoms with Crippen LogP contribution in [0, 0.1) is 0 Å². The molecule has 1 atom stereocenters. The van der Waals surface area contributed by atoms with Crippen LogP contribution in [0.3, 0.4) is 0 Å². The highest BCUT2D eigenvalue weighted by atomic mass is 35.5. The number of unbranched alkanes of at least 4 members (excludes halogenated alkanes) is 1. The highest BCUT2D eigenvalue weighted by Gasteiger charge is 2.35. The Morgan fingerprint density at radius 1 is 0.851 bits per heavy atom. The van der Waals surface area contributed by atoms with E-state index in [9.17, 15) is 18.0 Å². The van der Waals surface area contributed by atoms with Crippen molar-refractivity contribution in [2.24, 2.45) is 0 Å². The summed E-state index contributed by atoms with van der Waals surface area (Å²) >= 11 is 12.8. The molecule has 47 heavy (non-hydrogen) atoms. The molecule has 0 aliphatic carbocycles. The Bertz CT molecular complexity index is 1730. The average Bonchev–Trinajstić information content (AvgIpc) is 3.07. The molecule has 0 unspecified atom stereocenters. The van der Waals surface area contributed by atoms with Crippen molar-refractivity contribution >= 4 is 50.7 Å². The molecule has 0 saturated heterocycles. The number of carbonyl (C=O) groups excluding carboxylic acids is 2. The first-order valence-corrected chi connectivity index (χ1v) is 17.9. The van der Waals surface area contributed by atoms with E-state index in [1.54, 1.807) is 48.5 Å². The van der Waals surface area contributed by atoms with Crippen molar-refractivity contribution in [1.29, 1.82) is 0 Å². The summed E-state index contributed by atoms with van der Waals surface area (Å²) in [6, 6.07) is 28.6. The molecule has 0 fully saturated rings. The topological polar surface area (TPSA) is 86.8 Å². The molecule has 7 nitrogen and oxygen atoms in total. The van der Waals surface area contributed by atoms with Crippen molar-refractivity contribution in [1.82, 2.24) is 10.2 Å². The molecule has 0 aliphatic heterocycles. The van der Waals surface area contributed by atoms with Crippen LogP contribution in [0.2, 0.25) is 10.0 Å². The van der Waals surface area contributed by atoms with E-state index in [1.165, 1.54) is 17.0 Å². The van der Waals surface area contributed by atoms with Crippen LogP contribution >= 0.6 is 23.2 Å². The molecule has 2 amide bonds. The summed E-state index contributed by atoms with van der Waals surface area (Å²) in [7, 11) is -4.18. The fraction of sp³-hybridized carbons (Fsp3) is 0.297. The lowest BCUT2D eigenvalue weighted by Gasteiger charge is -2.34. The van der Waals surface area contributed by atoms with Crippen LogP contribution in [0.25, 0.3) is 0 Å². The van der Waals surface area contributed by atoms with E-state index in [0.717, 1.165) is 28.3 Å². The lowest BCUT2D eigenvalue weighted by atomic mass is 10.0. The van der Waals surface area contributed by atoms with E-state index < -0.39 is 28.5 Å². The molecule has 0 radical (unpaired) electrons. The van der Waals surface area contributed by atoms with Crippen molar-refractivity contribution < 1.29 is 18.0 Å². The SMILES string of the molecule is CCCCNC(=O)[C@H](Cc1ccccc1)N(Cc1ccc(Cl)cc1Cl)C(=O)CN(c1ccc(C(C)C)cc1)S(=O)(=O)c1ccccc1. The molecule has 1 N–H and O–H groups in total. The smallest absolute Gasteiger partial charge is 0.264 e. The molecule has 0 heterocycles. The molecule has 4 aromatic carbocycles. The quantitative estimate of drug-likeness (QED) is 0.128. The maximum atomic E-state index is 14.6. The first-order chi connectivity index (χ1) is 22.5. The van der Waals surface area contributed by atoms with Gasteiger partial charge in [-0.25, -0.2) is 8.42 Å². The van der Waals surface area contributed by atoms with Gasteiger partial charge in [-0.3, -0.25) is 13.9 Å². The third-order valence-electron chi connectivity index (χ3n) is 7.91. The summed E-state index contributed by atoms with van der Waals surface area (Å²) < 4.78 is 29.4. The molecule has 0 saturated carbocycles. The molecular weight excluding hydrogens is 653 g/mol. The minimum atomic E-state index is -4.18.